The molecule has 7 heteroatoms. The maximum absolute atomic E-state index is 5.34. The van der Waals surface area contributed by atoms with E-state index in [0.29, 0.717) is 12.4 Å². The Morgan fingerprint density at radius 3 is 2.86 bits per heavy atom. The van der Waals surface area contributed by atoms with E-state index in [1.807, 2.05) is 6.07 Å². The van der Waals surface area contributed by atoms with Crippen molar-refractivity contribution in [3.05, 3.63) is 18.1 Å². The van der Waals surface area contributed by atoms with Crippen LogP contribution in [0.15, 0.2) is 12.4 Å². The van der Waals surface area contributed by atoms with Crippen LogP contribution >= 0.6 is 0 Å². The second-order valence-electron chi connectivity index (χ2n) is 5.29. The molecule has 1 fully saturated rings. The SMILES string of the molecule is C#CCCN1CCN(c2cc(COC)nc3ncnn23)CC1. The quantitative estimate of drug-likeness (QED) is 0.746. The molecule has 0 unspecified atom stereocenters. The van der Waals surface area contributed by atoms with Crippen LogP contribution in [0.4, 0.5) is 5.82 Å². The number of terminal acetylenes is 1. The molecular weight excluding hydrogens is 280 g/mol. The van der Waals surface area contributed by atoms with Crippen LogP contribution in [0, 0.1) is 12.3 Å². The third-order valence-corrected chi connectivity index (χ3v) is 3.85. The van der Waals surface area contributed by atoms with Gasteiger partial charge in [-0.3, -0.25) is 4.90 Å². The smallest absolute Gasteiger partial charge is 0.254 e. The summed E-state index contributed by atoms with van der Waals surface area (Å²) in [5.74, 6) is 4.33. The van der Waals surface area contributed by atoms with Crippen LogP contribution in [0.25, 0.3) is 5.78 Å². The lowest BCUT2D eigenvalue weighted by molar-refractivity contribution is 0.181. The number of hydrogen-bond acceptors (Lipinski definition) is 6. The van der Waals surface area contributed by atoms with Crippen molar-refractivity contribution < 1.29 is 4.74 Å². The van der Waals surface area contributed by atoms with Gasteiger partial charge in [0.25, 0.3) is 5.78 Å². The number of rotatable bonds is 5. The maximum Gasteiger partial charge on any atom is 0.254 e. The fourth-order valence-electron chi connectivity index (χ4n) is 2.71. The minimum atomic E-state index is 0.471. The van der Waals surface area contributed by atoms with E-state index in [0.717, 1.165) is 50.7 Å². The fraction of sp³-hybridized carbons (Fsp3) is 0.533. The molecule has 116 valence electrons. The molecule has 0 amide bonds. The predicted molar refractivity (Wildman–Crippen MR) is 83.6 cm³/mol. The Labute approximate surface area is 129 Å². The molecule has 7 nitrogen and oxygen atoms in total. The summed E-state index contributed by atoms with van der Waals surface area (Å²) in [4.78, 5) is 13.3. The van der Waals surface area contributed by atoms with E-state index in [-0.39, 0.29) is 0 Å². The van der Waals surface area contributed by atoms with Crippen molar-refractivity contribution in [2.45, 2.75) is 13.0 Å². The highest BCUT2D eigenvalue weighted by Crippen LogP contribution is 2.18. The van der Waals surface area contributed by atoms with Gasteiger partial charge in [0.05, 0.1) is 12.3 Å². The van der Waals surface area contributed by atoms with Gasteiger partial charge in [-0.1, -0.05) is 0 Å². The molecule has 2 aromatic rings. The highest BCUT2D eigenvalue weighted by atomic mass is 16.5. The fourth-order valence-corrected chi connectivity index (χ4v) is 2.71. The molecule has 0 N–H and O–H groups in total. The molecule has 3 rings (SSSR count). The molecule has 0 radical (unpaired) electrons. The van der Waals surface area contributed by atoms with Crippen LogP contribution in [0.1, 0.15) is 12.1 Å². The van der Waals surface area contributed by atoms with Crippen molar-refractivity contribution in [1.29, 1.82) is 0 Å². The van der Waals surface area contributed by atoms with Crippen molar-refractivity contribution in [1.82, 2.24) is 24.5 Å². The summed E-state index contributed by atoms with van der Waals surface area (Å²) in [7, 11) is 1.67. The zero-order valence-corrected chi connectivity index (χ0v) is 12.8. The van der Waals surface area contributed by atoms with E-state index in [9.17, 15) is 0 Å². The van der Waals surface area contributed by atoms with Crippen molar-refractivity contribution in [3.63, 3.8) is 0 Å². The minimum absolute atomic E-state index is 0.471. The molecule has 1 aliphatic heterocycles. The van der Waals surface area contributed by atoms with Gasteiger partial charge in [0.1, 0.15) is 12.1 Å². The lowest BCUT2D eigenvalue weighted by Crippen LogP contribution is -2.47. The molecule has 1 aliphatic rings. The number of anilines is 1. The molecular formula is C15H20N6O. The summed E-state index contributed by atoms with van der Waals surface area (Å²) >= 11 is 0. The van der Waals surface area contributed by atoms with E-state index in [4.69, 9.17) is 11.2 Å². The van der Waals surface area contributed by atoms with E-state index in [1.54, 1.807) is 11.6 Å². The van der Waals surface area contributed by atoms with Crippen LogP contribution in [0.2, 0.25) is 0 Å². The van der Waals surface area contributed by atoms with Gasteiger partial charge in [0.2, 0.25) is 0 Å². The van der Waals surface area contributed by atoms with Gasteiger partial charge in [-0.05, 0) is 0 Å². The highest BCUT2D eigenvalue weighted by Gasteiger charge is 2.20. The number of methoxy groups -OCH3 is 1. The van der Waals surface area contributed by atoms with Crippen molar-refractivity contribution in [3.8, 4) is 12.3 Å². The second kappa shape index (κ2) is 6.73. The Hall–Kier alpha value is -2.17. The van der Waals surface area contributed by atoms with Crippen LogP contribution in [0.5, 0.6) is 0 Å². The third kappa shape index (κ3) is 3.03. The first kappa shape index (κ1) is 14.8. The third-order valence-electron chi connectivity index (χ3n) is 3.85. The molecule has 0 bridgehead atoms. The minimum Gasteiger partial charge on any atom is -0.378 e. The first-order chi connectivity index (χ1) is 10.8. The molecule has 0 spiro atoms. The van der Waals surface area contributed by atoms with Crippen molar-refractivity contribution >= 4 is 11.6 Å². The summed E-state index contributed by atoms with van der Waals surface area (Å²) in [6.07, 6.45) is 7.67. The second-order valence-corrected chi connectivity index (χ2v) is 5.29. The molecule has 22 heavy (non-hydrogen) atoms. The van der Waals surface area contributed by atoms with Gasteiger partial charge in [-0.25, -0.2) is 4.98 Å². The van der Waals surface area contributed by atoms with E-state index < -0.39 is 0 Å². The summed E-state index contributed by atoms with van der Waals surface area (Å²) in [5.41, 5.74) is 0.868. The average molecular weight is 300 g/mol. The molecule has 0 aliphatic carbocycles. The molecule has 2 aromatic heterocycles. The van der Waals surface area contributed by atoms with Crippen molar-refractivity contribution in [2.75, 3.05) is 44.7 Å². The summed E-state index contributed by atoms with van der Waals surface area (Å²) in [6, 6.07) is 2.03. The normalized spacial score (nSPS) is 16.1. The molecule has 3 heterocycles. The van der Waals surface area contributed by atoms with Gasteiger partial charge < -0.3 is 9.64 Å². The van der Waals surface area contributed by atoms with Gasteiger partial charge in [-0.2, -0.15) is 14.6 Å². The van der Waals surface area contributed by atoms with Gasteiger partial charge in [0.15, 0.2) is 0 Å². The predicted octanol–water partition coefficient (Wildman–Crippen LogP) is 0.416. The van der Waals surface area contributed by atoms with E-state index in [1.165, 1.54) is 6.33 Å². The Morgan fingerprint density at radius 2 is 2.14 bits per heavy atom. The van der Waals surface area contributed by atoms with Gasteiger partial charge in [0, 0.05) is 52.3 Å². The van der Waals surface area contributed by atoms with Crippen LogP contribution in [-0.2, 0) is 11.3 Å². The zero-order valence-electron chi connectivity index (χ0n) is 12.8. The summed E-state index contributed by atoms with van der Waals surface area (Å²) in [6.45, 7) is 5.32. The van der Waals surface area contributed by atoms with Crippen molar-refractivity contribution in [2.24, 2.45) is 0 Å². The monoisotopic (exact) mass is 300 g/mol. The molecule has 0 atom stereocenters. The molecule has 0 saturated carbocycles. The lowest BCUT2D eigenvalue weighted by Gasteiger charge is -2.35. The van der Waals surface area contributed by atoms with E-state index in [2.05, 4.69) is 30.8 Å². The average Bonchev–Trinajstić information content (AvgIpc) is 3.01. The Morgan fingerprint density at radius 1 is 1.32 bits per heavy atom. The summed E-state index contributed by atoms with van der Waals surface area (Å²) in [5, 5.41) is 4.28. The first-order valence-electron chi connectivity index (χ1n) is 7.41. The molecule has 0 aromatic carbocycles. The van der Waals surface area contributed by atoms with E-state index >= 15 is 0 Å². The highest BCUT2D eigenvalue weighted by molar-refractivity contribution is 5.47. The number of aromatic nitrogens is 4. The Bertz CT molecular complexity index is 668. The number of ether oxygens (including phenoxy) is 1. The largest absolute Gasteiger partial charge is 0.378 e. The lowest BCUT2D eigenvalue weighted by atomic mass is 10.2. The zero-order chi connectivity index (χ0) is 15.4. The standard InChI is InChI=1S/C15H20N6O/c1-3-4-5-19-6-8-20(9-7-19)14-10-13(11-22-2)18-15-16-12-17-21(14)15/h1,10,12H,4-9,11H2,2H3. The van der Waals surface area contributed by atoms with Crippen LogP contribution in [0.3, 0.4) is 0 Å². The Kier molecular flexibility index (Phi) is 4.51. The number of fused-ring (bicyclic) bond motifs is 1. The molecule has 1 saturated heterocycles. The topological polar surface area (TPSA) is 58.8 Å². The number of nitrogens with zero attached hydrogens (tertiary/aromatic N) is 6. The number of hydrogen-bond donors (Lipinski definition) is 0. The number of piperazine rings is 1. The first-order valence-corrected chi connectivity index (χ1v) is 7.41. The Balaban J connectivity index is 1.78. The van der Waals surface area contributed by atoms with Gasteiger partial charge in [-0.15, -0.1) is 12.3 Å². The summed E-state index contributed by atoms with van der Waals surface area (Å²) < 4.78 is 6.98. The maximum atomic E-state index is 5.34. The van der Waals surface area contributed by atoms with Crippen LogP contribution in [-0.4, -0.2) is 64.3 Å². The van der Waals surface area contributed by atoms with Crippen LogP contribution < -0.4 is 4.90 Å². The van der Waals surface area contributed by atoms with Gasteiger partial charge >= 0.3 is 0 Å².